The lowest BCUT2D eigenvalue weighted by atomic mass is 10.0. The third kappa shape index (κ3) is 2.49. The van der Waals surface area contributed by atoms with Crippen LogP contribution in [-0.2, 0) is 9.53 Å². The highest BCUT2D eigenvalue weighted by molar-refractivity contribution is 5.82. The maximum absolute atomic E-state index is 12.1. The van der Waals surface area contributed by atoms with Gasteiger partial charge in [0.15, 0.2) is 0 Å². The van der Waals surface area contributed by atoms with Crippen molar-refractivity contribution < 1.29 is 9.53 Å². The second-order valence-corrected chi connectivity index (χ2v) is 4.43. The van der Waals surface area contributed by atoms with Gasteiger partial charge in [-0.1, -0.05) is 6.42 Å². The summed E-state index contributed by atoms with van der Waals surface area (Å²) in [5.74, 6) is 0.272. The topological polar surface area (TPSA) is 41.6 Å². The van der Waals surface area contributed by atoms with Crippen molar-refractivity contribution in [3.05, 3.63) is 0 Å². The van der Waals surface area contributed by atoms with E-state index in [2.05, 4.69) is 5.32 Å². The van der Waals surface area contributed by atoms with Crippen LogP contribution < -0.4 is 5.32 Å². The van der Waals surface area contributed by atoms with Crippen LogP contribution >= 0.6 is 0 Å². The molecule has 0 radical (unpaired) electrons. The molecule has 2 atom stereocenters. The molecule has 0 spiro atoms. The van der Waals surface area contributed by atoms with Crippen LogP contribution in [0.5, 0.6) is 0 Å². The molecule has 0 bridgehead atoms. The first kappa shape index (κ1) is 10.9. The average Bonchev–Trinajstić information content (AvgIpc) is 2.78. The Morgan fingerprint density at radius 1 is 1.40 bits per heavy atom. The minimum absolute atomic E-state index is 0.0642. The molecule has 1 unspecified atom stereocenters. The van der Waals surface area contributed by atoms with Crippen molar-refractivity contribution in [2.24, 2.45) is 0 Å². The predicted octanol–water partition coefficient (Wildman–Crippen LogP) is 0.376. The fraction of sp³-hybridized carbons (Fsp3) is 0.909. The van der Waals surface area contributed by atoms with Crippen molar-refractivity contribution in [2.75, 3.05) is 26.7 Å². The molecule has 2 saturated heterocycles. The lowest BCUT2D eigenvalue weighted by Gasteiger charge is -2.27. The lowest BCUT2D eigenvalue weighted by Crippen LogP contribution is -2.48. The molecule has 0 aromatic rings. The summed E-state index contributed by atoms with van der Waals surface area (Å²) in [6.45, 7) is 2.61. The second-order valence-electron chi connectivity index (χ2n) is 4.43. The van der Waals surface area contributed by atoms with E-state index in [1.54, 1.807) is 7.11 Å². The number of rotatable bonds is 2. The highest BCUT2D eigenvalue weighted by Crippen LogP contribution is 2.16. The van der Waals surface area contributed by atoms with Crippen molar-refractivity contribution in [3.8, 4) is 0 Å². The molecule has 0 saturated carbocycles. The summed E-state index contributed by atoms with van der Waals surface area (Å²) in [7, 11) is 1.72. The van der Waals surface area contributed by atoms with Crippen LogP contribution in [0, 0.1) is 0 Å². The average molecular weight is 212 g/mol. The van der Waals surface area contributed by atoms with Gasteiger partial charge in [-0.05, 0) is 25.8 Å². The van der Waals surface area contributed by atoms with Crippen LogP contribution in [-0.4, -0.2) is 49.7 Å². The van der Waals surface area contributed by atoms with Crippen LogP contribution in [0.15, 0.2) is 0 Å². The molecule has 4 nitrogen and oxygen atoms in total. The second kappa shape index (κ2) is 4.94. The maximum Gasteiger partial charge on any atom is 0.239 e. The molecule has 0 aliphatic carbocycles. The number of piperidine rings is 1. The minimum Gasteiger partial charge on any atom is -0.380 e. The van der Waals surface area contributed by atoms with Crippen LogP contribution in [0.4, 0.5) is 0 Å². The molecule has 2 fully saturated rings. The number of ether oxygens (including phenoxy) is 1. The zero-order chi connectivity index (χ0) is 10.7. The van der Waals surface area contributed by atoms with Gasteiger partial charge in [-0.2, -0.15) is 0 Å². The Morgan fingerprint density at radius 2 is 2.27 bits per heavy atom. The van der Waals surface area contributed by atoms with Gasteiger partial charge in [0.25, 0.3) is 0 Å². The summed E-state index contributed by atoms with van der Waals surface area (Å²) in [5, 5.41) is 3.30. The number of hydrogen-bond acceptors (Lipinski definition) is 3. The first-order valence-corrected chi connectivity index (χ1v) is 5.86. The Bertz CT molecular complexity index is 227. The minimum atomic E-state index is 0.0642. The van der Waals surface area contributed by atoms with Crippen molar-refractivity contribution in [2.45, 2.75) is 37.8 Å². The van der Waals surface area contributed by atoms with Crippen molar-refractivity contribution >= 4 is 5.91 Å². The van der Waals surface area contributed by atoms with Gasteiger partial charge >= 0.3 is 0 Å². The molecule has 0 aromatic heterocycles. The van der Waals surface area contributed by atoms with Crippen molar-refractivity contribution in [1.29, 1.82) is 0 Å². The molecule has 4 heteroatoms. The summed E-state index contributed by atoms with van der Waals surface area (Å²) in [4.78, 5) is 14.0. The largest absolute Gasteiger partial charge is 0.380 e. The Hall–Kier alpha value is -0.610. The number of carbonyl (C=O) groups excluding carboxylic acids is 1. The first-order chi connectivity index (χ1) is 7.31. The molecule has 86 valence electrons. The van der Waals surface area contributed by atoms with E-state index in [1.807, 2.05) is 4.90 Å². The third-order valence-electron chi connectivity index (χ3n) is 3.40. The maximum atomic E-state index is 12.1. The molecule has 2 aliphatic heterocycles. The summed E-state index contributed by atoms with van der Waals surface area (Å²) < 4.78 is 5.26. The van der Waals surface area contributed by atoms with Crippen LogP contribution in [0.25, 0.3) is 0 Å². The predicted molar refractivity (Wildman–Crippen MR) is 57.6 cm³/mol. The summed E-state index contributed by atoms with van der Waals surface area (Å²) >= 11 is 0. The molecule has 1 amide bonds. The van der Waals surface area contributed by atoms with E-state index < -0.39 is 0 Å². The Morgan fingerprint density at radius 3 is 2.87 bits per heavy atom. The normalized spacial score (nSPS) is 31.9. The molecule has 2 heterocycles. The number of nitrogens with zero attached hydrogens (tertiary/aromatic N) is 1. The van der Waals surface area contributed by atoms with Crippen molar-refractivity contribution in [1.82, 2.24) is 10.2 Å². The number of likely N-dealkylation sites (tertiary alicyclic amines) is 1. The van der Waals surface area contributed by atoms with Gasteiger partial charge in [-0.25, -0.2) is 0 Å². The Labute approximate surface area is 91.0 Å². The van der Waals surface area contributed by atoms with Crippen molar-refractivity contribution in [3.63, 3.8) is 0 Å². The fourth-order valence-corrected chi connectivity index (χ4v) is 2.40. The van der Waals surface area contributed by atoms with Gasteiger partial charge in [0.1, 0.15) is 0 Å². The van der Waals surface area contributed by atoms with E-state index in [0.717, 1.165) is 32.5 Å². The fourth-order valence-electron chi connectivity index (χ4n) is 2.40. The highest BCUT2D eigenvalue weighted by Gasteiger charge is 2.31. The molecule has 15 heavy (non-hydrogen) atoms. The van der Waals surface area contributed by atoms with E-state index in [4.69, 9.17) is 4.74 Å². The van der Waals surface area contributed by atoms with E-state index in [9.17, 15) is 4.79 Å². The zero-order valence-corrected chi connectivity index (χ0v) is 9.37. The van der Waals surface area contributed by atoms with Crippen LogP contribution in [0.1, 0.15) is 25.7 Å². The van der Waals surface area contributed by atoms with E-state index >= 15 is 0 Å². The number of amides is 1. The SMILES string of the molecule is COC1CCN(C(=O)[C@@H]2CCCCN2)C1. The van der Waals surface area contributed by atoms with E-state index in [1.165, 1.54) is 12.8 Å². The van der Waals surface area contributed by atoms with Crippen LogP contribution in [0.3, 0.4) is 0 Å². The molecule has 1 N–H and O–H groups in total. The highest BCUT2D eigenvalue weighted by atomic mass is 16.5. The Kier molecular flexibility index (Phi) is 3.59. The lowest BCUT2D eigenvalue weighted by molar-refractivity contribution is -0.133. The number of methoxy groups -OCH3 is 1. The molecule has 0 aromatic carbocycles. The number of hydrogen-bond donors (Lipinski definition) is 1. The smallest absolute Gasteiger partial charge is 0.239 e. The third-order valence-corrected chi connectivity index (χ3v) is 3.40. The number of carbonyl (C=O) groups is 1. The first-order valence-electron chi connectivity index (χ1n) is 5.86. The van der Waals surface area contributed by atoms with Gasteiger partial charge in [-0.3, -0.25) is 4.79 Å². The molecule has 2 rings (SSSR count). The van der Waals surface area contributed by atoms with Gasteiger partial charge in [0.05, 0.1) is 12.1 Å². The van der Waals surface area contributed by atoms with Gasteiger partial charge in [0.2, 0.25) is 5.91 Å². The summed E-state index contributed by atoms with van der Waals surface area (Å²) in [6, 6.07) is 0.0642. The van der Waals surface area contributed by atoms with Gasteiger partial charge < -0.3 is 15.0 Å². The Balaban J connectivity index is 1.85. The standard InChI is InChI=1S/C11H20N2O2/c1-15-9-5-7-13(8-9)11(14)10-4-2-3-6-12-10/h9-10,12H,2-8H2,1H3/t9?,10-/m0/s1. The molecule has 2 aliphatic rings. The summed E-state index contributed by atoms with van der Waals surface area (Å²) in [6.07, 6.45) is 4.59. The zero-order valence-electron chi connectivity index (χ0n) is 9.37. The quantitative estimate of drug-likeness (QED) is 0.719. The van der Waals surface area contributed by atoms with Gasteiger partial charge in [-0.15, -0.1) is 0 Å². The monoisotopic (exact) mass is 212 g/mol. The number of nitrogens with one attached hydrogen (secondary N) is 1. The van der Waals surface area contributed by atoms with Crippen LogP contribution in [0.2, 0.25) is 0 Å². The van der Waals surface area contributed by atoms with Gasteiger partial charge in [0, 0.05) is 20.2 Å². The van der Waals surface area contributed by atoms with E-state index in [-0.39, 0.29) is 18.1 Å². The summed E-state index contributed by atoms with van der Waals surface area (Å²) in [5.41, 5.74) is 0. The molecular formula is C11H20N2O2. The molecular weight excluding hydrogens is 192 g/mol. The van der Waals surface area contributed by atoms with E-state index in [0.29, 0.717) is 0 Å².